The highest BCUT2D eigenvalue weighted by Crippen LogP contribution is 2.26. The minimum absolute atomic E-state index is 0.156. The van der Waals surface area contributed by atoms with Crippen molar-refractivity contribution in [3.63, 3.8) is 0 Å². The number of hydrogen-bond donors (Lipinski definition) is 1. The van der Waals surface area contributed by atoms with E-state index in [1.54, 1.807) is 42.5 Å². The molecule has 0 fully saturated rings. The second-order valence-corrected chi connectivity index (χ2v) is 6.29. The van der Waals surface area contributed by atoms with Crippen LogP contribution in [0.2, 0.25) is 15.1 Å². The molecule has 0 radical (unpaired) electrons. The summed E-state index contributed by atoms with van der Waals surface area (Å²) in [5.74, 6) is 0.799. The van der Waals surface area contributed by atoms with Gasteiger partial charge in [-0.3, -0.25) is 4.79 Å². The van der Waals surface area contributed by atoms with Gasteiger partial charge in [-0.25, -0.2) is 0 Å². The van der Waals surface area contributed by atoms with Crippen molar-refractivity contribution in [1.82, 2.24) is 0 Å². The van der Waals surface area contributed by atoms with Gasteiger partial charge in [0, 0.05) is 5.69 Å². The van der Waals surface area contributed by atoms with E-state index in [1.807, 2.05) is 12.1 Å². The number of para-hydroxylation sites is 1. The molecule has 2 aromatic carbocycles. The zero-order valence-electron chi connectivity index (χ0n) is 12.8. The average Bonchev–Trinajstić information content (AvgIpc) is 3.07. The Morgan fingerprint density at radius 2 is 1.76 bits per heavy atom. The molecular weight excluding hydrogens is 385 g/mol. The summed E-state index contributed by atoms with van der Waals surface area (Å²) in [7, 11) is 0. The van der Waals surface area contributed by atoms with Crippen LogP contribution in [0.3, 0.4) is 0 Å². The van der Waals surface area contributed by atoms with Crippen LogP contribution in [-0.4, -0.2) is 5.91 Å². The molecule has 0 atom stereocenters. The number of halogens is 3. The van der Waals surface area contributed by atoms with Crippen LogP contribution in [0.5, 0.6) is 5.75 Å². The molecular formula is C18H12Cl3NO3. The SMILES string of the molecule is O=C(Nc1ccc(Cl)c(Cl)c1)c1ccc(COc2ccccc2Cl)o1. The van der Waals surface area contributed by atoms with E-state index < -0.39 is 5.91 Å². The second-order valence-electron chi connectivity index (χ2n) is 5.07. The fourth-order valence-corrected chi connectivity index (χ4v) is 2.54. The molecule has 7 heteroatoms. The van der Waals surface area contributed by atoms with Crippen molar-refractivity contribution in [2.45, 2.75) is 6.61 Å². The standard InChI is InChI=1S/C18H12Cl3NO3/c19-13-7-5-11(9-15(13)21)22-18(23)17-8-6-12(25-17)10-24-16-4-2-1-3-14(16)20/h1-9H,10H2,(H,22,23). The molecule has 0 aliphatic rings. The first-order chi connectivity index (χ1) is 12.0. The minimum Gasteiger partial charge on any atom is -0.484 e. The van der Waals surface area contributed by atoms with E-state index in [2.05, 4.69) is 5.32 Å². The van der Waals surface area contributed by atoms with E-state index in [-0.39, 0.29) is 12.4 Å². The molecule has 0 saturated carbocycles. The third-order valence-electron chi connectivity index (χ3n) is 3.27. The highest BCUT2D eigenvalue weighted by Gasteiger charge is 2.13. The molecule has 25 heavy (non-hydrogen) atoms. The van der Waals surface area contributed by atoms with Crippen molar-refractivity contribution in [2.24, 2.45) is 0 Å². The van der Waals surface area contributed by atoms with Gasteiger partial charge in [0.2, 0.25) is 0 Å². The first kappa shape index (κ1) is 17.7. The fraction of sp³-hybridized carbons (Fsp3) is 0.0556. The molecule has 1 heterocycles. The van der Waals surface area contributed by atoms with Gasteiger partial charge in [0.15, 0.2) is 5.76 Å². The number of furan rings is 1. The third-order valence-corrected chi connectivity index (χ3v) is 4.32. The van der Waals surface area contributed by atoms with Crippen LogP contribution in [-0.2, 0) is 6.61 Å². The van der Waals surface area contributed by atoms with E-state index in [0.717, 1.165) is 0 Å². The Bertz CT molecular complexity index is 908. The lowest BCUT2D eigenvalue weighted by atomic mass is 10.3. The second kappa shape index (κ2) is 7.83. The molecule has 3 aromatic rings. The van der Waals surface area contributed by atoms with Crippen molar-refractivity contribution >= 4 is 46.4 Å². The summed E-state index contributed by atoms with van der Waals surface area (Å²) in [6.07, 6.45) is 0. The van der Waals surface area contributed by atoms with Crippen molar-refractivity contribution in [1.29, 1.82) is 0 Å². The van der Waals surface area contributed by atoms with Crippen LogP contribution >= 0.6 is 34.8 Å². The summed E-state index contributed by atoms with van der Waals surface area (Å²) in [6, 6.07) is 15.2. The number of carbonyl (C=O) groups excluding carboxylic acids is 1. The first-order valence-corrected chi connectivity index (χ1v) is 8.39. The lowest BCUT2D eigenvalue weighted by Gasteiger charge is -2.06. The third kappa shape index (κ3) is 4.48. The Labute approximate surface area is 159 Å². The monoisotopic (exact) mass is 395 g/mol. The maximum Gasteiger partial charge on any atom is 0.291 e. The normalized spacial score (nSPS) is 10.5. The summed E-state index contributed by atoms with van der Waals surface area (Å²) < 4.78 is 11.1. The number of carbonyl (C=O) groups is 1. The van der Waals surface area contributed by atoms with Crippen LogP contribution in [0.4, 0.5) is 5.69 Å². The number of benzene rings is 2. The van der Waals surface area contributed by atoms with Gasteiger partial charge in [-0.2, -0.15) is 0 Å². The van der Waals surface area contributed by atoms with E-state index in [9.17, 15) is 4.79 Å². The maximum atomic E-state index is 12.2. The first-order valence-electron chi connectivity index (χ1n) is 7.25. The fourth-order valence-electron chi connectivity index (χ4n) is 2.05. The Morgan fingerprint density at radius 1 is 0.960 bits per heavy atom. The predicted octanol–water partition coefficient (Wildman–Crippen LogP) is 6.07. The van der Waals surface area contributed by atoms with Gasteiger partial charge >= 0.3 is 0 Å². The molecule has 1 aromatic heterocycles. The number of ether oxygens (including phenoxy) is 1. The van der Waals surface area contributed by atoms with Crippen LogP contribution in [0.1, 0.15) is 16.3 Å². The Hall–Kier alpha value is -2.14. The van der Waals surface area contributed by atoms with E-state index in [1.165, 1.54) is 0 Å². The van der Waals surface area contributed by atoms with E-state index in [4.69, 9.17) is 44.0 Å². The van der Waals surface area contributed by atoms with Crippen LogP contribution in [0, 0.1) is 0 Å². The zero-order valence-corrected chi connectivity index (χ0v) is 15.0. The molecule has 0 unspecified atom stereocenters. The van der Waals surface area contributed by atoms with Crippen molar-refractivity contribution in [3.8, 4) is 5.75 Å². The number of hydrogen-bond acceptors (Lipinski definition) is 3. The van der Waals surface area contributed by atoms with Crippen LogP contribution in [0.25, 0.3) is 0 Å². The predicted molar refractivity (Wildman–Crippen MR) is 98.9 cm³/mol. The zero-order chi connectivity index (χ0) is 17.8. The Balaban J connectivity index is 1.63. The molecule has 0 bridgehead atoms. The Kier molecular flexibility index (Phi) is 5.53. The van der Waals surface area contributed by atoms with Gasteiger partial charge in [0.25, 0.3) is 5.91 Å². The van der Waals surface area contributed by atoms with Gasteiger partial charge in [0.05, 0.1) is 15.1 Å². The average molecular weight is 397 g/mol. The molecule has 0 aliphatic carbocycles. The molecule has 1 N–H and O–H groups in total. The molecule has 0 spiro atoms. The quantitative estimate of drug-likeness (QED) is 0.569. The molecule has 4 nitrogen and oxygen atoms in total. The topological polar surface area (TPSA) is 51.5 Å². The van der Waals surface area contributed by atoms with Gasteiger partial charge < -0.3 is 14.5 Å². The van der Waals surface area contributed by atoms with Crippen LogP contribution < -0.4 is 10.1 Å². The lowest BCUT2D eigenvalue weighted by Crippen LogP contribution is -2.10. The van der Waals surface area contributed by atoms with Crippen molar-refractivity contribution < 1.29 is 13.9 Å². The highest BCUT2D eigenvalue weighted by molar-refractivity contribution is 6.42. The lowest BCUT2D eigenvalue weighted by molar-refractivity contribution is 0.0992. The largest absolute Gasteiger partial charge is 0.484 e. The summed E-state index contributed by atoms with van der Waals surface area (Å²) >= 11 is 17.8. The van der Waals surface area contributed by atoms with Gasteiger partial charge in [-0.15, -0.1) is 0 Å². The smallest absolute Gasteiger partial charge is 0.291 e. The summed E-state index contributed by atoms with van der Waals surface area (Å²) in [4.78, 5) is 12.2. The molecule has 3 rings (SSSR count). The molecule has 1 amide bonds. The summed E-state index contributed by atoms with van der Waals surface area (Å²) in [6.45, 7) is 0.157. The Morgan fingerprint density at radius 3 is 2.52 bits per heavy atom. The highest BCUT2D eigenvalue weighted by atomic mass is 35.5. The minimum atomic E-state index is -0.401. The van der Waals surface area contributed by atoms with Gasteiger partial charge in [-0.05, 0) is 42.5 Å². The molecule has 0 saturated heterocycles. The number of anilines is 1. The van der Waals surface area contributed by atoms with Gasteiger partial charge in [-0.1, -0.05) is 46.9 Å². The number of nitrogens with one attached hydrogen (secondary N) is 1. The summed E-state index contributed by atoms with van der Waals surface area (Å²) in [5.41, 5.74) is 0.518. The van der Waals surface area contributed by atoms with E-state index >= 15 is 0 Å². The molecule has 0 aliphatic heterocycles. The van der Waals surface area contributed by atoms with E-state index in [0.29, 0.717) is 32.3 Å². The van der Waals surface area contributed by atoms with Gasteiger partial charge in [0.1, 0.15) is 18.1 Å². The van der Waals surface area contributed by atoms with Crippen molar-refractivity contribution in [2.75, 3.05) is 5.32 Å². The van der Waals surface area contributed by atoms with Crippen LogP contribution in [0.15, 0.2) is 59.0 Å². The van der Waals surface area contributed by atoms with Crippen molar-refractivity contribution in [3.05, 3.63) is 81.2 Å². The molecule has 128 valence electrons. The summed E-state index contributed by atoms with van der Waals surface area (Å²) in [5, 5.41) is 3.96. The number of rotatable bonds is 5. The number of amides is 1. The maximum absolute atomic E-state index is 12.2.